The van der Waals surface area contributed by atoms with Gasteiger partial charge in [0.15, 0.2) is 18.1 Å². The second kappa shape index (κ2) is 8.81. The zero-order valence-electron chi connectivity index (χ0n) is 16.9. The Morgan fingerprint density at radius 1 is 1.23 bits per heavy atom. The van der Waals surface area contributed by atoms with Crippen LogP contribution in [0.4, 0.5) is 11.4 Å². The van der Waals surface area contributed by atoms with Crippen molar-refractivity contribution in [1.29, 1.82) is 0 Å². The standard InChI is InChI=1S/C21H22N2O7/c1-4-29-19-11-17(23(26)27)15(10-18(19)28-3)21(25)30-12-20(24)22-13(2)9-14-7-5-6-8-16(14)22/h5-8,10-11,13H,4,9,12H2,1-3H3/t13-/m1/s1. The molecule has 3 rings (SSSR count). The highest BCUT2D eigenvalue weighted by Crippen LogP contribution is 2.35. The van der Waals surface area contributed by atoms with Gasteiger partial charge in [0.1, 0.15) is 5.56 Å². The summed E-state index contributed by atoms with van der Waals surface area (Å²) >= 11 is 0. The molecule has 0 aromatic heterocycles. The van der Waals surface area contributed by atoms with Crippen LogP contribution in [0.25, 0.3) is 0 Å². The van der Waals surface area contributed by atoms with Gasteiger partial charge in [-0.15, -0.1) is 0 Å². The SMILES string of the molecule is CCOc1cc([N+](=O)[O-])c(C(=O)OCC(=O)N2c3ccccc3C[C@H]2C)cc1OC. The Balaban J connectivity index is 1.79. The first kappa shape index (κ1) is 21.1. The number of hydrogen-bond donors (Lipinski definition) is 0. The number of carbonyl (C=O) groups excluding carboxylic acids is 2. The third kappa shape index (κ3) is 4.05. The van der Waals surface area contributed by atoms with Crippen molar-refractivity contribution < 1.29 is 28.7 Å². The van der Waals surface area contributed by atoms with Crippen LogP contribution in [0.2, 0.25) is 0 Å². The molecule has 0 fully saturated rings. The Bertz CT molecular complexity index is 989. The molecule has 0 radical (unpaired) electrons. The summed E-state index contributed by atoms with van der Waals surface area (Å²) < 4.78 is 15.6. The molecule has 9 heteroatoms. The Morgan fingerprint density at radius 3 is 2.63 bits per heavy atom. The molecule has 1 heterocycles. The number of fused-ring (bicyclic) bond motifs is 1. The number of hydrogen-bond acceptors (Lipinski definition) is 7. The summed E-state index contributed by atoms with van der Waals surface area (Å²) in [6.07, 6.45) is 0.706. The molecular weight excluding hydrogens is 392 g/mol. The number of nitro benzene ring substituents is 1. The highest BCUT2D eigenvalue weighted by Gasteiger charge is 2.32. The van der Waals surface area contributed by atoms with E-state index in [1.165, 1.54) is 13.2 Å². The minimum atomic E-state index is -0.989. The van der Waals surface area contributed by atoms with E-state index in [4.69, 9.17) is 14.2 Å². The average molecular weight is 414 g/mol. The number of benzene rings is 2. The maximum atomic E-state index is 12.7. The summed E-state index contributed by atoms with van der Waals surface area (Å²) in [5.41, 5.74) is 1.01. The van der Waals surface area contributed by atoms with E-state index in [2.05, 4.69) is 0 Å². The number of anilines is 1. The fourth-order valence-corrected chi connectivity index (χ4v) is 3.51. The van der Waals surface area contributed by atoms with Crippen LogP contribution in [0.3, 0.4) is 0 Å². The molecule has 0 saturated carbocycles. The molecule has 1 atom stereocenters. The number of methoxy groups -OCH3 is 1. The molecule has 0 aliphatic carbocycles. The van der Waals surface area contributed by atoms with Gasteiger partial charge in [-0.3, -0.25) is 14.9 Å². The van der Waals surface area contributed by atoms with Gasteiger partial charge in [-0.2, -0.15) is 0 Å². The van der Waals surface area contributed by atoms with Gasteiger partial charge in [0.2, 0.25) is 0 Å². The van der Waals surface area contributed by atoms with Gasteiger partial charge in [-0.1, -0.05) is 18.2 Å². The van der Waals surface area contributed by atoms with Gasteiger partial charge in [0.25, 0.3) is 11.6 Å². The lowest BCUT2D eigenvalue weighted by atomic mass is 10.1. The van der Waals surface area contributed by atoms with Gasteiger partial charge >= 0.3 is 5.97 Å². The third-order valence-electron chi connectivity index (χ3n) is 4.80. The molecule has 0 N–H and O–H groups in total. The number of esters is 1. The first-order chi connectivity index (χ1) is 14.4. The zero-order chi connectivity index (χ0) is 21.8. The molecule has 2 aromatic carbocycles. The van der Waals surface area contributed by atoms with Crippen LogP contribution in [0.1, 0.15) is 29.8 Å². The van der Waals surface area contributed by atoms with E-state index in [-0.39, 0.29) is 29.7 Å². The number of carbonyl (C=O) groups is 2. The minimum Gasteiger partial charge on any atom is -0.493 e. The van der Waals surface area contributed by atoms with E-state index in [9.17, 15) is 19.7 Å². The topological polar surface area (TPSA) is 108 Å². The summed E-state index contributed by atoms with van der Waals surface area (Å²) in [7, 11) is 1.36. The minimum absolute atomic E-state index is 0.0755. The average Bonchev–Trinajstić information content (AvgIpc) is 3.07. The van der Waals surface area contributed by atoms with Crippen LogP contribution in [-0.4, -0.2) is 43.2 Å². The number of para-hydroxylation sites is 1. The van der Waals surface area contributed by atoms with E-state index < -0.39 is 29.1 Å². The lowest BCUT2D eigenvalue weighted by Crippen LogP contribution is -2.38. The van der Waals surface area contributed by atoms with Gasteiger partial charge in [-0.05, 0) is 31.9 Å². The number of rotatable bonds is 7. The Kier molecular flexibility index (Phi) is 6.20. The molecule has 0 bridgehead atoms. The molecule has 158 valence electrons. The quantitative estimate of drug-likeness (QED) is 0.389. The smallest absolute Gasteiger partial charge is 0.345 e. The number of amides is 1. The Hall–Kier alpha value is -3.62. The first-order valence-corrected chi connectivity index (χ1v) is 9.43. The number of nitro groups is 1. The summed E-state index contributed by atoms with van der Waals surface area (Å²) in [6.45, 7) is 3.35. The second-order valence-electron chi connectivity index (χ2n) is 6.73. The summed E-state index contributed by atoms with van der Waals surface area (Å²) in [6, 6.07) is 9.73. The van der Waals surface area contributed by atoms with E-state index >= 15 is 0 Å². The molecule has 2 aromatic rings. The summed E-state index contributed by atoms with van der Waals surface area (Å²) in [4.78, 5) is 37.6. The van der Waals surface area contributed by atoms with E-state index in [1.54, 1.807) is 11.8 Å². The Morgan fingerprint density at radius 2 is 1.97 bits per heavy atom. The predicted molar refractivity (Wildman–Crippen MR) is 108 cm³/mol. The van der Waals surface area contributed by atoms with Crippen molar-refractivity contribution in [3.8, 4) is 11.5 Å². The van der Waals surface area contributed by atoms with E-state index in [0.717, 1.165) is 17.3 Å². The monoisotopic (exact) mass is 414 g/mol. The van der Waals surface area contributed by atoms with Gasteiger partial charge in [0, 0.05) is 17.8 Å². The lowest BCUT2D eigenvalue weighted by molar-refractivity contribution is -0.385. The van der Waals surface area contributed by atoms with Crippen LogP contribution >= 0.6 is 0 Å². The Labute approximate surface area is 173 Å². The molecule has 0 unspecified atom stereocenters. The molecule has 1 aliphatic heterocycles. The van der Waals surface area contributed by atoms with Crippen LogP contribution < -0.4 is 14.4 Å². The number of nitrogens with zero attached hydrogens (tertiary/aromatic N) is 2. The third-order valence-corrected chi connectivity index (χ3v) is 4.80. The molecule has 0 saturated heterocycles. The van der Waals surface area contributed by atoms with Crippen LogP contribution in [-0.2, 0) is 16.0 Å². The zero-order valence-corrected chi connectivity index (χ0v) is 16.9. The van der Waals surface area contributed by atoms with Crippen molar-refractivity contribution in [1.82, 2.24) is 0 Å². The maximum Gasteiger partial charge on any atom is 0.345 e. The van der Waals surface area contributed by atoms with Crippen molar-refractivity contribution in [2.45, 2.75) is 26.3 Å². The van der Waals surface area contributed by atoms with Crippen molar-refractivity contribution in [3.05, 3.63) is 57.6 Å². The van der Waals surface area contributed by atoms with Gasteiger partial charge < -0.3 is 19.1 Å². The summed E-state index contributed by atoms with van der Waals surface area (Å²) in [5.74, 6) is -1.09. The first-order valence-electron chi connectivity index (χ1n) is 9.43. The van der Waals surface area contributed by atoms with Crippen molar-refractivity contribution in [3.63, 3.8) is 0 Å². The van der Waals surface area contributed by atoms with Crippen molar-refractivity contribution in [2.75, 3.05) is 25.2 Å². The predicted octanol–water partition coefficient (Wildman–Crippen LogP) is 3.14. The van der Waals surface area contributed by atoms with Gasteiger partial charge in [-0.25, -0.2) is 4.79 Å². The lowest BCUT2D eigenvalue weighted by Gasteiger charge is -2.22. The molecule has 0 spiro atoms. The van der Waals surface area contributed by atoms with Crippen LogP contribution in [0.5, 0.6) is 11.5 Å². The molecule has 1 aliphatic rings. The molecule has 1 amide bonds. The molecule has 9 nitrogen and oxygen atoms in total. The van der Waals surface area contributed by atoms with Crippen LogP contribution in [0, 0.1) is 10.1 Å². The van der Waals surface area contributed by atoms with Crippen LogP contribution in [0.15, 0.2) is 36.4 Å². The van der Waals surface area contributed by atoms with Crippen molar-refractivity contribution in [2.24, 2.45) is 0 Å². The summed E-state index contributed by atoms with van der Waals surface area (Å²) in [5, 5.41) is 11.4. The second-order valence-corrected chi connectivity index (χ2v) is 6.73. The van der Waals surface area contributed by atoms with Crippen molar-refractivity contribution >= 4 is 23.3 Å². The normalized spacial score (nSPS) is 14.8. The van der Waals surface area contributed by atoms with Gasteiger partial charge in [0.05, 0.1) is 24.7 Å². The number of ether oxygens (including phenoxy) is 3. The largest absolute Gasteiger partial charge is 0.493 e. The fourth-order valence-electron chi connectivity index (χ4n) is 3.51. The van der Waals surface area contributed by atoms with E-state index in [1.807, 2.05) is 31.2 Å². The molecular formula is C21H22N2O7. The maximum absolute atomic E-state index is 12.7. The highest BCUT2D eigenvalue weighted by molar-refractivity contribution is 6.00. The molecule has 30 heavy (non-hydrogen) atoms. The highest BCUT2D eigenvalue weighted by atomic mass is 16.6. The fraction of sp³-hybridized carbons (Fsp3) is 0.333. The van der Waals surface area contributed by atoms with E-state index in [0.29, 0.717) is 6.42 Å².